The molecule has 0 aromatic heterocycles. The standard InChI is InChI=1S/C51H98O17P2/c1-5-9-13-17-20-21-22-23-26-30-34-38-51(56)68-47(42-62-49(54)36-32-28-24-18-14-10-6-2)44-66-70(59,60)64-40-45(52)39-63-69(57,58)65-43-46(41-61-48(53)35-31-27-16-12-8-4)67-50(55)37-33-29-25-19-15-11-7-3/h45-47,52H,5-44H2,1-4H3,(H,57,58)(H,59,60)/t45-,46+,47+/m0/s1. The Morgan fingerprint density at radius 2 is 0.571 bits per heavy atom. The van der Waals surface area contributed by atoms with Crippen LogP contribution in [0.5, 0.6) is 0 Å². The number of carbonyl (C=O) groups excluding carboxylic acids is 4. The summed E-state index contributed by atoms with van der Waals surface area (Å²) in [7, 11) is -9.84. The summed E-state index contributed by atoms with van der Waals surface area (Å²) in [6.07, 6.45) is 27.2. The molecule has 17 nitrogen and oxygen atoms in total. The molecule has 0 aromatic rings. The van der Waals surface area contributed by atoms with E-state index in [4.69, 9.17) is 37.0 Å². The molecule has 5 atom stereocenters. The number of esters is 4. The van der Waals surface area contributed by atoms with E-state index in [2.05, 4.69) is 27.7 Å². The maximum Gasteiger partial charge on any atom is 0.472 e. The first-order valence-electron chi connectivity index (χ1n) is 27.3. The molecule has 0 amide bonds. The third-order valence-corrected chi connectivity index (χ3v) is 13.5. The summed E-state index contributed by atoms with van der Waals surface area (Å²) in [5.41, 5.74) is 0. The number of rotatable bonds is 52. The van der Waals surface area contributed by atoms with Gasteiger partial charge in [0, 0.05) is 25.7 Å². The Morgan fingerprint density at radius 3 is 0.843 bits per heavy atom. The second-order valence-electron chi connectivity index (χ2n) is 18.6. The van der Waals surface area contributed by atoms with Gasteiger partial charge in [0.15, 0.2) is 12.2 Å². The Labute approximate surface area is 422 Å². The lowest BCUT2D eigenvalue weighted by Crippen LogP contribution is -2.30. The zero-order valence-electron chi connectivity index (χ0n) is 44.0. The van der Waals surface area contributed by atoms with E-state index in [1.54, 1.807) is 0 Å². The van der Waals surface area contributed by atoms with Crippen LogP contribution in [-0.2, 0) is 65.4 Å². The molecule has 70 heavy (non-hydrogen) atoms. The molecule has 0 saturated heterocycles. The molecule has 414 valence electrons. The van der Waals surface area contributed by atoms with E-state index in [1.165, 1.54) is 44.9 Å². The topological polar surface area (TPSA) is 237 Å². The number of phosphoric ester groups is 2. The lowest BCUT2D eigenvalue weighted by molar-refractivity contribution is -0.161. The normalized spacial score (nSPS) is 14.6. The molecule has 0 radical (unpaired) electrons. The number of carbonyl (C=O) groups is 4. The van der Waals surface area contributed by atoms with Crippen LogP contribution in [0.3, 0.4) is 0 Å². The summed E-state index contributed by atoms with van der Waals surface area (Å²) in [6.45, 7) is 4.62. The van der Waals surface area contributed by atoms with Gasteiger partial charge in [-0.25, -0.2) is 9.13 Å². The number of ether oxygens (including phenoxy) is 4. The van der Waals surface area contributed by atoms with Gasteiger partial charge in [-0.1, -0.05) is 195 Å². The van der Waals surface area contributed by atoms with Crippen LogP contribution in [0.4, 0.5) is 0 Å². The van der Waals surface area contributed by atoms with Gasteiger partial charge in [-0.15, -0.1) is 0 Å². The summed E-state index contributed by atoms with van der Waals surface area (Å²) in [6, 6.07) is 0. The van der Waals surface area contributed by atoms with Crippen molar-refractivity contribution in [3.8, 4) is 0 Å². The van der Waals surface area contributed by atoms with E-state index in [9.17, 15) is 43.2 Å². The Balaban J connectivity index is 5.15. The monoisotopic (exact) mass is 1040 g/mol. The maximum absolute atomic E-state index is 12.8. The third kappa shape index (κ3) is 45.9. The van der Waals surface area contributed by atoms with Crippen LogP contribution in [-0.4, -0.2) is 96.7 Å². The molecule has 0 aliphatic rings. The fourth-order valence-electron chi connectivity index (χ4n) is 7.34. The first kappa shape index (κ1) is 68.1. The van der Waals surface area contributed by atoms with Gasteiger partial charge in [0.2, 0.25) is 0 Å². The van der Waals surface area contributed by atoms with Crippen LogP contribution < -0.4 is 0 Å². The van der Waals surface area contributed by atoms with E-state index >= 15 is 0 Å². The minimum absolute atomic E-state index is 0.103. The largest absolute Gasteiger partial charge is 0.472 e. The average Bonchev–Trinajstić information content (AvgIpc) is 3.33. The Morgan fingerprint density at radius 1 is 0.343 bits per heavy atom. The number of phosphoric acid groups is 2. The highest BCUT2D eigenvalue weighted by atomic mass is 31.2. The molecule has 0 aliphatic heterocycles. The van der Waals surface area contributed by atoms with Crippen molar-refractivity contribution in [2.24, 2.45) is 0 Å². The number of hydrogen-bond donors (Lipinski definition) is 3. The van der Waals surface area contributed by atoms with Crippen molar-refractivity contribution >= 4 is 39.5 Å². The third-order valence-electron chi connectivity index (χ3n) is 11.6. The molecule has 0 bridgehead atoms. The molecule has 0 heterocycles. The van der Waals surface area contributed by atoms with Gasteiger partial charge in [-0.3, -0.25) is 37.3 Å². The maximum atomic E-state index is 12.8. The molecule has 3 N–H and O–H groups in total. The fraction of sp³-hybridized carbons (Fsp3) is 0.922. The van der Waals surface area contributed by atoms with Gasteiger partial charge < -0.3 is 33.8 Å². The Hall–Kier alpha value is -1.94. The first-order chi connectivity index (χ1) is 33.7. The van der Waals surface area contributed by atoms with Crippen molar-refractivity contribution < 1.29 is 80.2 Å². The van der Waals surface area contributed by atoms with Crippen molar-refractivity contribution in [3.05, 3.63) is 0 Å². The minimum Gasteiger partial charge on any atom is -0.462 e. The van der Waals surface area contributed by atoms with Crippen LogP contribution in [0.1, 0.15) is 246 Å². The van der Waals surface area contributed by atoms with Crippen LogP contribution >= 0.6 is 15.6 Å². The quantitative estimate of drug-likeness (QED) is 0.0222. The van der Waals surface area contributed by atoms with Gasteiger partial charge >= 0.3 is 39.5 Å². The number of aliphatic hydroxyl groups excluding tert-OH is 1. The molecule has 0 rings (SSSR count). The van der Waals surface area contributed by atoms with Gasteiger partial charge in [-0.2, -0.15) is 0 Å². The van der Waals surface area contributed by atoms with Crippen molar-refractivity contribution in [1.29, 1.82) is 0 Å². The van der Waals surface area contributed by atoms with E-state index in [0.29, 0.717) is 25.7 Å². The zero-order chi connectivity index (χ0) is 52.0. The van der Waals surface area contributed by atoms with Gasteiger partial charge in [-0.05, 0) is 25.7 Å². The van der Waals surface area contributed by atoms with Crippen LogP contribution in [0.15, 0.2) is 0 Å². The van der Waals surface area contributed by atoms with Crippen molar-refractivity contribution in [2.75, 3.05) is 39.6 Å². The number of unbranched alkanes of at least 4 members (excludes halogenated alkanes) is 26. The van der Waals surface area contributed by atoms with Gasteiger partial charge in [0.1, 0.15) is 19.3 Å². The summed E-state index contributed by atoms with van der Waals surface area (Å²) in [5.74, 6) is -2.17. The summed E-state index contributed by atoms with van der Waals surface area (Å²) in [5, 5.41) is 10.4. The number of aliphatic hydroxyl groups is 1. The van der Waals surface area contributed by atoms with Crippen LogP contribution in [0, 0.1) is 0 Å². The van der Waals surface area contributed by atoms with Crippen molar-refractivity contribution in [3.63, 3.8) is 0 Å². The molecular weight excluding hydrogens is 946 g/mol. The second kappa shape index (κ2) is 46.8. The predicted octanol–water partition coefficient (Wildman–Crippen LogP) is 12.9. The lowest BCUT2D eigenvalue weighted by Gasteiger charge is -2.21. The Bertz CT molecular complexity index is 1390. The number of hydrogen-bond acceptors (Lipinski definition) is 15. The fourth-order valence-corrected chi connectivity index (χ4v) is 8.91. The highest BCUT2D eigenvalue weighted by Gasteiger charge is 2.30. The van der Waals surface area contributed by atoms with E-state index in [1.807, 2.05) is 0 Å². The van der Waals surface area contributed by atoms with E-state index in [-0.39, 0.29) is 25.7 Å². The summed E-state index contributed by atoms with van der Waals surface area (Å²) < 4.78 is 67.0. The van der Waals surface area contributed by atoms with Gasteiger partial charge in [0.25, 0.3) is 0 Å². The lowest BCUT2D eigenvalue weighted by atomic mass is 10.1. The average molecular weight is 1050 g/mol. The van der Waals surface area contributed by atoms with Gasteiger partial charge in [0.05, 0.1) is 26.4 Å². The van der Waals surface area contributed by atoms with Crippen molar-refractivity contribution in [2.45, 2.75) is 264 Å². The predicted molar refractivity (Wildman–Crippen MR) is 271 cm³/mol. The van der Waals surface area contributed by atoms with Crippen LogP contribution in [0.2, 0.25) is 0 Å². The Kier molecular flexibility index (Phi) is 45.5. The summed E-state index contributed by atoms with van der Waals surface area (Å²) >= 11 is 0. The summed E-state index contributed by atoms with van der Waals surface area (Å²) in [4.78, 5) is 71.1. The van der Waals surface area contributed by atoms with E-state index in [0.717, 1.165) is 122 Å². The SMILES string of the molecule is CCCCCCCCCCCCCC(=O)O[C@H](COC(=O)CCCCCCCCC)COP(=O)(O)OC[C@@H](O)COP(=O)(O)OC[C@@H](COC(=O)CCCCCCC)OC(=O)CCCCCCCCC. The van der Waals surface area contributed by atoms with Crippen LogP contribution in [0.25, 0.3) is 0 Å². The molecule has 0 fully saturated rings. The molecular formula is C51H98O17P2. The van der Waals surface area contributed by atoms with Crippen molar-refractivity contribution in [1.82, 2.24) is 0 Å². The molecule has 0 aliphatic carbocycles. The molecule has 0 spiro atoms. The molecule has 2 unspecified atom stereocenters. The molecule has 19 heteroatoms. The molecule has 0 aromatic carbocycles. The highest BCUT2D eigenvalue weighted by Crippen LogP contribution is 2.45. The zero-order valence-corrected chi connectivity index (χ0v) is 45.8. The second-order valence-corrected chi connectivity index (χ2v) is 21.5. The minimum atomic E-state index is -4.92. The molecule has 0 saturated carbocycles. The van der Waals surface area contributed by atoms with E-state index < -0.39 is 97.5 Å². The smallest absolute Gasteiger partial charge is 0.462 e. The highest BCUT2D eigenvalue weighted by molar-refractivity contribution is 7.47. The first-order valence-corrected chi connectivity index (χ1v) is 30.3.